The highest BCUT2D eigenvalue weighted by atomic mass is 35.5. The van der Waals surface area contributed by atoms with Gasteiger partial charge in [-0.25, -0.2) is 0 Å². The minimum Gasteiger partial charge on any atom is -0.370 e. The second-order valence-corrected chi connectivity index (χ2v) is 11.8. The summed E-state index contributed by atoms with van der Waals surface area (Å²) in [6.45, 7) is 0.0236. The van der Waals surface area contributed by atoms with Crippen molar-refractivity contribution >= 4 is 52.0 Å². The van der Waals surface area contributed by atoms with Gasteiger partial charge in [-0.2, -0.15) is 13.2 Å². The summed E-state index contributed by atoms with van der Waals surface area (Å²) in [6, 6.07) is 5.64. The fourth-order valence-corrected chi connectivity index (χ4v) is 5.76. The minimum atomic E-state index is -4.78. The average Bonchev–Trinajstić information content (AvgIpc) is 3.83. The van der Waals surface area contributed by atoms with Gasteiger partial charge in [0.15, 0.2) is 0 Å². The molecule has 3 N–H and O–H groups in total. The second kappa shape index (κ2) is 11.4. The SMILES string of the molecule is O=C(NC[C@H](NC(C1CC1)C1CC1)C(=O)Nc1ccc(N2CCOCC2=O)cc1C(F)(F)F)c1ccc(Cl)s1. The van der Waals surface area contributed by atoms with Crippen molar-refractivity contribution in [1.29, 1.82) is 0 Å². The van der Waals surface area contributed by atoms with Crippen LogP contribution in [0.5, 0.6) is 0 Å². The first-order valence-electron chi connectivity index (χ1n) is 12.8. The van der Waals surface area contributed by atoms with Gasteiger partial charge >= 0.3 is 6.18 Å². The van der Waals surface area contributed by atoms with Crippen LogP contribution < -0.4 is 20.9 Å². The van der Waals surface area contributed by atoms with E-state index in [0.29, 0.717) is 21.0 Å². The second-order valence-electron chi connectivity index (χ2n) is 10.0. The lowest BCUT2D eigenvalue weighted by atomic mass is 10.0. The van der Waals surface area contributed by atoms with E-state index in [4.69, 9.17) is 16.3 Å². The Hall–Kier alpha value is -2.67. The molecule has 210 valence electrons. The highest BCUT2D eigenvalue weighted by molar-refractivity contribution is 7.18. The summed E-state index contributed by atoms with van der Waals surface area (Å²) in [6.07, 6.45) is -0.663. The van der Waals surface area contributed by atoms with Crippen LogP contribution in [0, 0.1) is 11.8 Å². The molecule has 1 aromatic heterocycles. The zero-order chi connectivity index (χ0) is 27.7. The largest absolute Gasteiger partial charge is 0.418 e. The Morgan fingerprint density at radius 2 is 1.85 bits per heavy atom. The van der Waals surface area contributed by atoms with E-state index in [2.05, 4.69) is 16.0 Å². The van der Waals surface area contributed by atoms with Gasteiger partial charge in [0.25, 0.3) is 11.8 Å². The van der Waals surface area contributed by atoms with Crippen LogP contribution in [-0.2, 0) is 20.5 Å². The Morgan fingerprint density at radius 3 is 2.44 bits per heavy atom. The van der Waals surface area contributed by atoms with Gasteiger partial charge in [0.05, 0.1) is 27.1 Å². The van der Waals surface area contributed by atoms with E-state index in [-0.39, 0.29) is 38.0 Å². The third-order valence-electron chi connectivity index (χ3n) is 7.10. The highest BCUT2D eigenvalue weighted by Gasteiger charge is 2.43. The standard InChI is InChI=1S/C26H28ClF3N4O4S/c27-21-8-7-20(39-21)25(37)31-12-19(32-23(14-1-2-14)15-3-4-15)24(36)33-18-6-5-16(11-17(18)26(28,29)30)34-9-10-38-13-22(34)35/h5-8,11,14-15,19,23,32H,1-4,9-10,12-13H2,(H,31,37)(H,33,36)/t19-/m0/s1. The molecule has 3 amide bonds. The van der Waals surface area contributed by atoms with E-state index in [1.165, 1.54) is 11.0 Å². The molecule has 8 nitrogen and oxygen atoms in total. The Morgan fingerprint density at radius 1 is 1.13 bits per heavy atom. The van der Waals surface area contributed by atoms with E-state index in [9.17, 15) is 27.6 Å². The number of morpholine rings is 1. The summed E-state index contributed by atoms with van der Waals surface area (Å²) in [7, 11) is 0. The number of hydrogen-bond donors (Lipinski definition) is 3. The summed E-state index contributed by atoms with van der Waals surface area (Å²) >= 11 is 7.01. The zero-order valence-electron chi connectivity index (χ0n) is 20.9. The van der Waals surface area contributed by atoms with Crippen molar-refractivity contribution in [3.05, 3.63) is 45.1 Å². The van der Waals surface area contributed by atoms with E-state index >= 15 is 0 Å². The van der Waals surface area contributed by atoms with Gasteiger partial charge in [0, 0.05) is 24.8 Å². The molecule has 0 radical (unpaired) electrons. The van der Waals surface area contributed by atoms with Crippen LogP contribution in [0.25, 0.3) is 0 Å². The number of halogens is 4. The van der Waals surface area contributed by atoms with Crippen LogP contribution in [0.1, 0.15) is 40.9 Å². The van der Waals surface area contributed by atoms with Crippen LogP contribution >= 0.6 is 22.9 Å². The maximum atomic E-state index is 14.1. The Kier molecular flexibility index (Phi) is 8.18. The van der Waals surface area contributed by atoms with Crippen molar-refractivity contribution in [2.75, 3.05) is 36.5 Å². The molecule has 1 atom stereocenters. The molecule has 2 heterocycles. The molecule has 0 spiro atoms. The molecule has 1 aromatic carbocycles. The Bertz CT molecular complexity index is 1240. The number of anilines is 2. The van der Waals surface area contributed by atoms with Crippen LogP contribution in [0.4, 0.5) is 24.5 Å². The maximum Gasteiger partial charge on any atom is 0.418 e. The Labute approximate surface area is 232 Å². The van der Waals surface area contributed by atoms with Gasteiger partial charge < -0.3 is 25.6 Å². The molecule has 3 fully saturated rings. The molecule has 1 saturated heterocycles. The molecule has 0 unspecified atom stereocenters. The normalized spacial score (nSPS) is 18.8. The molecule has 0 bridgehead atoms. The van der Waals surface area contributed by atoms with E-state index in [1.54, 1.807) is 12.1 Å². The molecular weight excluding hydrogens is 557 g/mol. The molecule has 13 heteroatoms. The van der Waals surface area contributed by atoms with E-state index in [1.807, 2.05) is 0 Å². The van der Waals surface area contributed by atoms with Crippen molar-refractivity contribution < 1.29 is 32.3 Å². The van der Waals surface area contributed by atoms with E-state index in [0.717, 1.165) is 49.2 Å². The third-order valence-corrected chi connectivity index (χ3v) is 8.33. The molecule has 39 heavy (non-hydrogen) atoms. The number of benzene rings is 1. The topological polar surface area (TPSA) is 99.8 Å². The highest BCUT2D eigenvalue weighted by Crippen LogP contribution is 2.45. The van der Waals surface area contributed by atoms with Crippen molar-refractivity contribution in [2.45, 2.75) is 43.9 Å². The number of carbonyl (C=O) groups is 3. The minimum absolute atomic E-state index is 0.0608. The fraction of sp³-hybridized carbons (Fsp3) is 0.500. The molecule has 1 aliphatic heterocycles. The summed E-state index contributed by atoms with van der Waals surface area (Å²) < 4.78 is 47.7. The quantitative estimate of drug-likeness (QED) is 0.387. The summed E-state index contributed by atoms with van der Waals surface area (Å²) in [5, 5.41) is 8.49. The Balaban J connectivity index is 1.35. The number of nitrogens with zero attached hydrogens (tertiary/aromatic N) is 1. The zero-order valence-corrected chi connectivity index (χ0v) is 22.4. The van der Waals surface area contributed by atoms with Gasteiger partial charge in [0.2, 0.25) is 5.91 Å². The first-order valence-corrected chi connectivity index (χ1v) is 14.0. The molecule has 2 aromatic rings. The smallest absolute Gasteiger partial charge is 0.370 e. The van der Waals surface area contributed by atoms with Gasteiger partial charge in [-0.3, -0.25) is 14.4 Å². The van der Waals surface area contributed by atoms with Crippen molar-refractivity contribution in [2.24, 2.45) is 11.8 Å². The number of hydrogen-bond acceptors (Lipinski definition) is 6. The molecule has 3 aliphatic rings. The number of thiophene rings is 1. The number of amides is 3. The van der Waals surface area contributed by atoms with Gasteiger partial charge in [-0.15, -0.1) is 11.3 Å². The van der Waals surface area contributed by atoms with Crippen molar-refractivity contribution in [3.63, 3.8) is 0 Å². The molecule has 5 rings (SSSR count). The third kappa shape index (κ3) is 6.92. The van der Waals surface area contributed by atoms with Crippen LogP contribution in [0.15, 0.2) is 30.3 Å². The predicted octanol–water partition coefficient (Wildman–Crippen LogP) is 4.30. The lowest BCUT2D eigenvalue weighted by molar-refractivity contribution is -0.137. The lowest BCUT2D eigenvalue weighted by Gasteiger charge is -2.28. The maximum absolute atomic E-state index is 14.1. The number of nitrogens with one attached hydrogen (secondary N) is 3. The van der Waals surface area contributed by atoms with Gasteiger partial charge in [-0.1, -0.05) is 11.6 Å². The lowest BCUT2D eigenvalue weighted by Crippen LogP contribution is -2.53. The van der Waals surface area contributed by atoms with Gasteiger partial charge in [0.1, 0.15) is 12.6 Å². The molecule has 2 saturated carbocycles. The first-order chi connectivity index (χ1) is 18.6. The average molecular weight is 585 g/mol. The molecule has 2 aliphatic carbocycles. The number of alkyl halides is 3. The van der Waals surface area contributed by atoms with Gasteiger partial charge in [-0.05, 0) is 67.9 Å². The van der Waals surface area contributed by atoms with Crippen molar-refractivity contribution in [1.82, 2.24) is 10.6 Å². The summed E-state index contributed by atoms with van der Waals surface area (Å²) in [4.78, 5) is 39.8. The predicted molar refractivity (Wildman–Crippen MR) is 141 cm³/mol. The summed E-state index contributed by atoms with van der Waals surface area (Å²) in [5.74, 6) is -0.723. The first kappa shape index (κ1) is 27.9. The van der Waals surface area contributed by atoms with Crippen LogP contribution in [0.2, 0.25) is 4.34 Å². The molecular formula is C26H28ClF3N4O4S. The summed E-state index contributed by atoms with van der Waals surface area (Å²) in [5.41, 5.74) is -1.41. The van der Waals surface area contributed by atoms with Crippen molar-refractivity contribution in [3.8, 4) is 0 Å². The fourth-order valence-electron chi connectivity index (χ4n) is 4.80. The number of rotatable bonds is 10. The van der Waals surface area contributed by atoms with E-state index < -0.39 is 41.2 Å². The number of carbonyl (C=O) groups excluding carboxylic acids is 3. The van der Waals surface area contributed by atoms with Crippen LogP contribution in [0.3, 0.4) is 0 Å². The number of ether oxygens (including phenoxy) is 1. The van der Waals surface area contributed by atoms with Crippen LogP contribution in [-0.4, -0.2) is 56.1 Å². The monoisotopic (exact) mass is 584 g/mol.